The Kier molecular flexibility index (Phi) is 4.39. The van der Waals surface area contributed by atoms with Crippen LogP contribution in [0.1, 0.15) is 22.0 Å². The summed E-state index contributed by atoms with van der Waals surface area (Å²) in [5.41, 5.74) is 5.52. The van der Waals surface area contributed by atoms with Crippen LogP contribution in [0.5, 0.6) is 11.5 Å². The monoisotopic (exact) mass is 283 g/mol. The van der Waals surface area contributed by atoms with Crippen molar-refractivity contribution < 1.29 is 15.0 Å². The molecule has 0 aliphatic heterocycles. The zero-order valence-corrected chi connectivity index (χ0v) is 10.9. The maximum absolute atomic E-state index is 11.9. The van der Waals surface area contributed by atoms with Crippen molar-refractivity contribution in [1.29, 1.82) is 5.26 Å². The molecule has 0 fully saturated rings. The van der Waals surface area contributed by atoms with E-state index in [9.17, 15) is 15.0 Å². The first-order valence-electron chi connectivity index (χ1n) is 6.14. The van der Waals surface area contributed by atoms with E-state index in [1.54, 1.807) is 24.3 Å². The molecule has 0 spiro atoms. The Bertz CT molecular complexity index is 695. The standard InChI is InChI=1S/C15H13N3O3/c16-9-13(10-4-3-5-11(19)8-10)17-18-15(21)12-6-1-2-7-14(12)20/h1-8,13,17,19-20H,(H,18,21)/t13-/m1/s1. The molecule has 6 nitrogen and oxygen atoms in total. The minimum atomic E-state index is -0.827. The molecule has 2 aromatic rings. The van der Waals surface area contributed by atoms with Gasteiger partial charge < -0.3 is 10.2 Å². The molecule has 0 radical (unpaired) electrons. The van der Waals surface area contributed by atoms with Crippen molar-refractivity contribution in [2.75, 3.05) is 0 Å². The second-order valence-electron chi connectivity index (χ2n) is 4.27. The lowest BCUT2D eigenvalue weighted by molar-refractivity contribution is 0.0926. The lowest BCUT2D eigenvalue weighted by Gasteiger charge is -2.13. The summed E-state index contributed by atoms with van der Waals surface area (Å²) in [6.45, 7) is 0. The summed E-state index contributed by atoms with van der Waals surface area (Å²) in [5, 5.41) is 28.1. The average molecular weight is 283 g/mol. The average Bonchev–Trinajstić information content (AvgIpc) is 2.48. The molecule has 0 aliphatic carbocycles. The van der Waals surface area contributed by atoms with Gasteiger partial charge in [0.25, 0.3) is 5.91 Å². The number of phenols is 2. The first-order chi connectivity index (χ1) is 10.1. The molecule has 0 bridgehead atoms. The van der Waals surface area contributed by atoms with Gasteiger partial charge in [-0.2, -0.15) is 5.26 Å². The highest BCUT2D eigenvalue weighted by atomic mass is 16.3. The molecule has 0 saturated carbocycles. The van der Waals surface area contributed by atoms with Crippen LogP contribution in [-0.4, -0.2) is 16.1 Å². The molecule has 1 atom stereocenters. The largest absolute Gasteiger partial charge is 0.508 e. The van der Waals surface area contributed by atoms with Crippen molar-refractivity contribution in [2.24, 2.45) is 0 Å². The molecule has 0 heterocycles. The van der Waals surface area contributed by atoms with Gasteiger partial charge in [-0.3, -0.25) is 10.2 Å². The second-order valence-corrected chi connectivity index (χ2v) is 4.27. The first kappa shape index (κ1) is 14.4. The van der Waals surface area contributed by atoms with Gasteiger partial charge in [0.15, 0.2) is 0 Å². The molecular weight excluding hydrogens is 270 g/mol. The van der Waals surface area contributed by atoms with E-state index in [4.69, 9.17) is 5.26 Å². The highest BCUT2D eigenvalue weighted by Crippen LogP contribution is 2.18. The molecule has 0 aromatic heterocycles. The molecule has 0 aliphatic rings. The number of nitriles is 1. The topological polar surface area (TPSA) is 105 Å². The molecule has 4 N–H and O–H groups in total. The van der Waals surface area contributed by atoms with Crippen LogP contribution < -0.4 is 10.9 Å². The summed E-state index contributed by atoms with van der Waals surface area (Å²) in [6.07, 6.45) is 0. The van der Waals surface area contributed by atoms with Crippen LogP contribution in [0.4, 0.5) is 0 Å². The quantitative estimate of drug-likeness (QED) is 0.638. The van der Waals surface area contributed by atoms with E-state index in [0.717, 1.165) is 0 Å². The summed E-state index contributed by atoms with van der Waals surface area (Å²) < 4.78 is 0. The maximum atomic E-state index is 11.9. The van der Waals surface area contributed by atoms with Crippen LogP contribution in [-0.2, 0) is 0 Å². The maximum Gasteiger partial charge on any atom is 0.269 e. The zero-order chi connectivity index (χ0) is 15.2. The predicted molar refractivity (Wildman–Crippen MR) is 75.2 cm³/mol. The van der Waals surface area contributed by atoms with Crippen molar-refractivity contribution in [2.45, 2.75) is 6.04 Å². The smallest absolute Gasteiger partial charge is 0.269 e. The Balaban J connectivity index is 2.06. The molecule has 2 aromatic carbocycles. The van der Waals surface area contributed by atoms with Gasteiger partial charge >= 0.3 is 0 Å². The van der Waals surface area contributed by atoms with Gasteiger partial charge in [-0.15, -0.1) is 0 Å². The first-order valence-corrected chi connectivity index (χ1v) is 6.14. The summed E-state index contributed by atoms with van der Waals surface area (Å²) >= 11 is 0. The molecule has 0 unspecified atom stereocenters. The molecular formula is C15H13N3O3. The molecule has 6 heteroatoms. The van der Waals surface area contributed by atoms with E-state index >= 15 is 0 Å². The number of hydrogen-bond donors (Lipinski definition) is 4. The number of aromatic hydroxyl groups is 2. The minimum absolute atomic E-state index is 0.0292. The fraction of sp³-hybridized carbons (Fsp3) is 0.0667. The van der Waals surface area contributed by atoms with Crippen molar-refractivity contribution in [1.82, 2.24) is 10.9 Å². The number of amides is 1. The molecule has 21 heavy (non-hydrogen) atoms. The van der Waals surface area contributed by atoms with Crippen LogP contribution in [0.2, 0.25) is 0 Å². The van der Waals surface area contributed by atoms with E-state index in [1.165, 1.54) is 24.3 Å². The van der Waals surface area contributed by atoms with Gasteiger partial charge in [0, 0.05) is 0 Å². The van der Waals surface area contributed by atoms with Gasteiger partial charge in [-0.25, -0.2) is 5.43 Å². The number of benzene rings is 2. The molecule has 106 valence electrons. The zero-order valence-electron chi connectivity index (χ0n) is 10.9. The van der Waals surface area contributed by atoms with Crippen LogP contribution >= 0.6 is 0 Å². The number of hydrogen-bond acceptors (Lipinski definition) is 5. The van der Waals surface area contributed by atoms with E-state index in [0.29, 0.717) is 5.56 Å². The fourth-order valence-electron chi connectivity index (χ4n) is 1.77. The SMILES string of the molecule is N#C[C@@H](NNC(=O)c1ccccc1O)c1cccc(O)c1. The lowest BCUT2D eigenvalue weighted by Crippen LogP contribution is -2.39. The number of nitrogens with zero attached hydrogens (tertiary/aromatic N) is 1. The summed E-state index contributed by atoms with van der Waals surface area (Å²) in [4.78, 5) is 11.9. The van der Waals surface area contributed by atoms with Crippen molar-refractivity contribution in [3.05, 3.63) is 59.7 Å². The Morgan fingerprint density at radius 3 is 2.57 bits per heavy atom. The number of hydrazine groups is 1. The summed E-state index contributed by atoms with van der Waals surface area (Å²) in [5.74, 6) is -0.683. The van der Waals surface area contributed by atoms with Gasteiger partial charge in [0.2, 0.25) is 0 Å². The van der Waals surface area contributed by atoms with Gasteiger partial charge in [-0.1, -0.05) is 24.3 Å². The lowest BCUT2D eigenvalue weighted by atomic mass is 10.1. The van der Waals surface area contributed by atoms with Gasteiger partial charge in [0.1, 0.15) is 17.5 Å². The molecule has 0 saturated heterocycles. The highest BCUT2D eigenvalue weighted by molar-refractivity contribution is 5.96. The van der Waals surface area contributed by atoms with Gasteiger partial charge in [-0.05, 0) is 29.8 Å². The molecule has 2 rings (SSSR count). The third-order valence-corrected chi connectivity index (χ3v) is 2.81. The van der Waals surface area contributed by atoms with Crippen LogP contribution in [0.3, 0.4) is 0 Å². The van der Waals surface area contributed by atoms with Crippen molar-refractivity contribution in [3.63, 3.8) is 0 Å². The fourth-order valence-corrected chi connectivity index (χ4v) is 1.77. The third kappa shape index (κ3) is 3.49. The Morgan fingerprint density at radius 1 is 1.14 bits per heavy atom. The Labute approximate surface area is 121 Å². The second kappa shape index (κ2) is 6.41. The minimum Gasteiger partial charge on any atom is -0.508 e. The number of carbonyl (C=O) groups excluding carboxylic acids is 1. The number of phenolic OH excluding ortho intramolecular Hbond substituents is 2. The Hall–Kier alpha value is -3.04. The molecule has 1 amide bonds. The van der Waals surface area contributed by atoms with Gasteiger partial charge in [0.05, 0.1) is 11.6 Å². The van der Waals surface area contributed by atoms with Crippen LogP contribution in [0.25, 0.3) is 0 Å². The van der Waals surface area contributed by atoms with E-state index in [2.05, 4.69) is 10.9 Å². The van der Waals surface area contributed by atoms with E-state index in [-0.39, 0.29) is 17.1 Å². The summed E-state index contributed by atoms with van der Waals surface area (Å²) in [7, 11) is 0. The van der Waals surface area contributed by atoms with E-state index in [1.807, 2.05) is 6.07 Å². The van der Waals surface area contributed by atoms with Crippen molar-refractivity contribution in [3.8, 4) is 17.6 Å². The normalized spacial score (nSPS) is 11.4. The predicted octanol–water partition coefficient (Wildman–Crippen LogP) is 1.60. The number of para-hydroxylation sites is 1. The number of carbonyl (C=O) groups is 1. The van der Waals surface area contributed by atoms with Crippen LogP contribution in [0.15, 0.2) is 48.5 Å². The number of rotatable bonds is 4. The van der Waals surface area contributed by atoms with E-state index < -0.39 is 11.9 Å². The van der Waals surface area contributed by atoms with Crippen LogP contribution in [0, 0.1) is 11.3 Å². The highest BCUT2D eigenvalue weighted by Gasteiger charge is 2.14. The summed E-state index contributed by atoms with van der Waals surface area (Å²) in [6, 6.07) is 13.4. The number of nitrogens with one attached hydrogen (secondary N) is 2. The third-order valence-electron chi connectivity index (χ3n) is 2.81. The Morgan fingerprint density at radius 2 is 1.90 bits per heavy atom. The van der Waals surface area contributed by atoms with Crippen molar-refractivity contribution >= 4 is 5.91 Å².